The number of nitriles is 1. The van der Waals surface area contributed by atoms with E-state index in [9.17, 15) is 28.0 Å². The number of halogens is 3. The summed E-state index contributed by atoms with van der Waals surface area (Å²) in [5, 5.41) is 12.8. The van der Waals surface area contributed by atoms with Crippen LogP contribution in [0, 0.1) is 11.3 Å². The molecule has 0 bridgehead atoms. The SMILES string of the molecule is COc1ccccc1-c1ccc(C2(NC(=O)CCN(C)C(=O)OC(C)(C)C)CCN(c3ccc(C(F)(F)F)cc3C#N)CC2)cn1. The normalized spacial score (nSPS) is 14.6. The number of carbonyl (C=O) groups excluding carboxylic acids is 2. The van der Waals surface area contributed by atoms with Gasteiger partial charge in [-0.1, -0.05) is 18.2 Å². The minimum Gasteiger partial charge on any atom is -0.496 e. The van der Waals surface area contributed by atoms with Crippen molar-refractivity contribution in [3.63, 3.8) is 0 Å². The summed E-state index contributed by atoms with van der Waals surface area (Å²) in [5.74, 6) is 0.378. The lowest BCUT2D eigenvalue weighted by atomic mass is 9.81. The zero-order valence-corrected chi connectivity index (χ0v) is 26.6. The largest absolute Gasteiger partial charge is 0.496 e. The number of hydrogen-bond acceptors (Lipinski definition) is 7. The van der Waals surface area contributed by atoms with E-state index < -0.39 is 29.0 Å². The average molecular weight is 638 g/mol. The number of pyridine rings is 1. The van der Waals surface area contributed by atoms with E-state index in [2.05, 4.69) is 10.3 Å². The molecule has 46 heavy (non-hydrogen) atoms. The molecule has 244 valence electrons. The van der Waals surface area contributed by atoms with Crippen molar-refractivity contribution in [2.75, 3.05) is 38.7 Å². The first-order valence-electron chi connectivity index (χ1n) is 14.9. The van der Waals surface area contributed by atoms with Crippen LogP contribution in [0.3, 0.4) is 0 Å². The highest BCUT2D eigenvalue weighted by atomic mass is 19.4. The Labute approximate surface area is 266 Å². The van der Waals surface area contributed by atoms with Gasteiger partial charge in [-0.25, -0.2) is 4.79 Å². The lowest BCUT2D eigenvalue weighted by Crippen LogP contribution is -2.53. The molecule has 12 heteroatoms. The fourth-order valence-corrected chi connectivity index (χ4v) is 5.42. The van der Waals surface area contributed by atoms with Gasteiger partial charge in [0.15, 0.2) is 0 Å². The molecule has 2 aromatic carbocycles. The molecule has 1 aliphatic rings. The average Bonchev–Trinajstić information content (AvgIpc) is 3.02. The first-order valence-corrected chi connectivity index (χ1v) is 14.9. The van der Waals surface area contributed by atoms with Gasteiger partial charge < -0.3 is 24.6 Å². The third-order valence-corrected chi connectivity index (χ3v) is 7.86. The van der Waals surface area contributed by atoms with Crippen molar-refractivity contribution in [2.24, 2.45) is 0 Å². The molecular formula is C34H38F3N5O4. The monoisotopic (exact) mass is 637 g/mol. The Kier molecular flexibility index (Phi) is 10.1. The van der Waals surface area contributed by atoms with Crippen molar-refractivity contribution in [3.05, 3.63) is 77.5 Å². The standard InChI is InChI=1S/C34H38F3N5O4/c1-32(2,3)46-31(44)41(4)17-14-30(43)40-33(25-10-12-27(39-22-25)26-8-6-7-9-29(26)45-5)15-18-42(19-16-33)28-13-11-24(34(35,36)37)20-23(28)21-38/h6-13,20,22H,14-19H2,1-5H3,(H,40,43). The van der Waals surface area contributed by atoms with Gasteiger partial charge >= 0.3 is 12.3 Å². The number of rotatable bonds is 8. The maximum atomic E-state index is 13.4. The van der Waals surface area contributed by atoms with E-state index in [0.29, 0.717) is 43.1 Å². The van der Waals surface area contributed by atoms with E-state index >= 15 is 0 Å². The highest BCUT2D eigenvalue weighted by Gasteiger charge is 2.39. The maximum Gasteiger partial charge on any atom is 0.416 e. The molecular weight excluding hydrogens is 599 g/mol. The summed E-state index contributed by atoms with van der Waals surface area (Å²) in [6.07, 6.45) is -2.59. The van der Waals surface area contributed by atoms with Crippen LogP contribution in [0.5, 0.6) is 5.75 Å². The molecule has 1 aromatic heterocycles. The topological polar surface area (TPSA) is 108 Å². The van der Waals surface area contributed by atoms with Gasteiger partial charge in [0.25, 0.3) is 0 Å². The van der Waals surface area contributed by atoms with E-state index in [4.69, 9.17) is 9.47 Å². The molecule has 2 amide bonds. The van der Waals surface area contributed by atoms with Gasteiger partial charge in [-0.2, -0.15) is 18.4 Å². The van der Waals surface area contributed by atoms with Crippen LogP contribution in [0.15, 0.2) is 60.8 Å². The van der Waals surface area contributed by atoms with E-state index in [1.165, 1.54) is 11.0 Å². The number of anilines is 1. The molecule has 2 heterocycles. The lowest BCUT2D eigenvalue weighted by Gasteiger charge is -2.43. The third-order valence-electron chi connectivity index (χ3n) is 7.86. The molecule has 1 fully saturated rings. The molecule has 0 unspecified atom stereocenters. The van der Waals surface area contributed by atoms with Crippen LogP contribution in [0.4, 0.5) is 23.7 Å². The van der Waals surface area contributed by atoms with E-state index in [1.54, 1.807) is 41.1 Å². The van der Waals surface area contributed by atoms with Crippen molar-refractivity contribution >= 4 is 17.7 Å². The number of nitrogens with zero attached hydrogens (tertiary/aromatic N) is 4. The zero-order chi connectivity index (χ0) is 33.7. The van der Waals surface area contributed by atoms with Crippen molar-refractivity contribution in [3.8, 4) is 23.1 Å². The fourth-order valence-electron chi connectivity index (χ4n) is 5.42. The van der Waals surface area contributed by atoms with Gasteiger partial charge in [-0.3, -0.25) is 9.78 Å². The Balaban J connectivity index is 1.58. The van der Waals surface area contributed by atoms with Gasteiger partial charge in [-0.05, 0) is 75.6 Å². The van der Waals surface area contributed by atoms with Crippen LogP contribution in [0.25, 0.3) is 11.3 Å². The Hall–Kier alpha value is -4.79. The minimum absolute atomic E-state index is 0.0193. The second kappa shape index (κ2) is 13.7. The summed E-state index contributed by atoms with van der Waals surface area (Å²) >= 11 is 0. The first-order chi connectivity index (χ1) is 21.7. The summed E-state index contributed by atoms with van der Waals surface area (Å²) in [6.45, 7) is 6.13. The van der Waals surface area contributed by atoms with Gasteiger partial charge in [0.1, 0.15) is 17.4 Å². The lowest BCUT2D eigenvalue weighted by molar-refractivity contribution is -0.137. The predicted molar refractivity (Wildman–Crippen MR) is 167 cm³/mol. The number of para-hydroxylation sites is 1. The van der Waals surface area contributed by atoms with Crippen LogP contribution < -0.4 is 15.0 Å². The van der Waals surface area contributed by atoms with Crippen LogP contribution >= 0.6 is 0 Å². The molecule has 1 N–H and O–H groups in total. The van der Waals surface area contributed by atoms with Crippen LogP contribution in [-0.2, 0) is 21.2 Å². The molecule has 1 saturated heterocycles. The molecule has 4 rings (SSSR count). The summed E-state index contributed by atoms with van der Waals surface area (Å²) in [4.78, 5) is 33.7. The molecule has 0 aliphatic carbocycles. The molecule has 3 aromatic rings. The Morgan fingerprint density at radius 1 is 1.09 bits per heavy atom. The van der Waals surface area contributed by atoms with E-state index in [-0.39, 0.29) is 24.4 Å². The summed E-state index contributed by atoms with van der Waals surface area (Å²) < 4.78 is 50.7. The number of alkyl halides is 3. The number of hydrogen-bond donors (Lipinski definition) is 1. The number of aromatic nitrogens is 1. The molecule has 0 atom stereocenters. The second-order valence-electron chi connectivity index (χ2n) is 12.2. The molecule has 0 spiro atoms. The van der Waals surface area contributed by atoms with Crippen LogP contribution in [0.1, 0.15) is 56.7 Å². The quantitative estimate of drug-likeness (QED) is 0.300. The fraction of sp³-hybridized carbons (Fsp3) is 0.412. The second-order valence-corrected chi connectivity index (χ2v) is 12.2. The number of benzene rings is 2. The number of carbonyl (C=O) groups is 2. The number of amides is 2. The smallest absolute Gasteiger partial charge is 0.416 e. The highest BCUT2D eigenvalue weighted by Crippen LogP contribution is 2.38. The van der Waals surface area contributed by atoms with Gasteiger partial charge in [0, 0.05) is 44.9 Å². The maximum absolute atomic E-state index is 13.4. The Morgan fingerprint density at radius 2 is 1.78 bits per heavy atom. The Bertz CT molecular complexity index is 1590. The van der Waals surface area contributed by atoms with E-state index in [0.717, 1.165) is 23.3 Å². The summed E-state index contributed by atoms with van der Waals surface area (Å²) in [7, 11) is 3.15. The first kappa shape index (κ1) is 34.1. The van der Waals surface area contributed by atoms with Crippen LogP contribution in [-0.4, -0.2) is 61.3 Å². The molecule has 0 radical (unpaired) electrons. The summed E-state index contributed by atoms with van der Waals surface area (Å²) in [6, 6.07) is 16.3. The van der Waals surface area contributed by atoms with E-state index in [1.807, 2.05) is 47.4 Å². The molecule has 0 saturated carbocycles. The number of piperidine rings is 1. The number of methoxy groups -OCH3 is 1. The van der Waals surface area contributed by atoms with Gasteiger partial charge in [-0.15, -0.1) is 0 Å². The molecule has 9 nitrogen and oxygen atoms in total. The van der Waals surface area contributed by atoms with Gasteiger partial charge in [0.2, 0.25) is 5.91 Å². The van der Waals surface area contributed by atoms with Crippen molar-refractivity contribution in [1.82, 2.24) is 15.2 Å². The van der Waals surface area contributed by atoms with Gasteiger partial charge in [0.05, 0.1) is 35.2 Å². The van der Waals surface area contributed by atoms with Crippen LogP contribution in [0.2, 0.25) is 0 Å². The third kappa shape index (κ3) is 8.07. The minimum atomic E-state index is -4.56. The Morgan fingerprint density at radius 3 is 2.37 bits per heavy atom. The summed E-state index contributed by atoms with van der Waals surface area (Å²) in [5.41, 5.74) is 0.161. The van der Waals surface area contributed by atoms with Crippen molar-refractivity contribution in [1.29, 1.82) is 5.26 Å². The zero-order valence-electron chi connectivity index (χ0n) is 26.6. The van der Waals surface area contributed by atoms with Crippen molar-refractivity contribution in [2.45, 2.75) is 57.3 Å². The predicted octanol–water partition coefficient (Wildman–Crippen LogP) is 6.52. The highest BCUT2D eigenvalue weighted by molar-refractivity contribution is 5.78. The number of nitrogens with one attached hydrogen (secondary N) is 1. The van der Waals surface area contributed by atoms with Crippen molar-refractivity contribution < 1.29 is 32.2 Å². The molecule has 1 aliphatic heterocycles. The number of ether oxygens (including phenoxy) is 2.